The Kier molecular flexibility index (Phi) is 4.21. The van der Waals surface area contributed by atoms with Gasteiger partial charge in [-0.3, -0.25) is 0 Å². The summed E-state index contributed by atoms with van der Waals surface area (Å²) in [4.78, 5) is 3.54. The highest BCUT2D eigenvalue weighted by molar-refractivity contribution is 6.14. The molecule has 0 saturated heterocycles. The zero-order valence-electron chi connectivity index (χ0n) is 20.0. The fraction of sp³-hybridized carbons (Fsp3) is 0.118. The molecule has 2 heterocycles. The van der Waals surface area contributed by atoms with Crippen LogP contribution in [-0.2, 0) is 12.8 Å². The Morgan fingerprint density at radius 3 is 1.94 bits per heavy atom. The van der Waals surface area contributed by atoms with Crippen LogP contribution in [0, 0.1) is 0 Å². The summed E-state index contributed by atoms with van der Waals surface area (Å²) in [7, 11) is 0. The number of aromatic nitrogens is 1. The lowest BCUT2D eigenvalue weighted by atomic mass is 9.89. The van der Waals surface area contributed by atoms with Gasteiger partial charge in [0.2, 0.25) is 0 Å². The van der Waals surface area contributed by atoms with E-state index in [4.69, 9.17) is 4.42 Å². The zero-order chi connectivity index (χ0) is 23.6. The maximum absolute atomic E-state index is 6.74. The van der Waals surface area contributed by atoms with Crippen LogP contribution in [0.25, 0.3) is 66.0 Å². The second-order valence-electron chi connectivity index (χ2n) is 10.1. The summed E-state index contributed by atoms with van der Waals surface area (Å²) in [6.07, 6.45) is 4.97. The molecule has 0 radical (unpaired) electrons. The van der Waals surface area contributed by atoms with Crippen molar-refractivity contribution in [3.63, 3.8) is 0 Å². The van der Waals surface area contributed by atoms with Gasteiger partial charge in [-0.15, -0.1) is 0 Å². The molecule has 0 spiro atoms. The van der Waals surface area contributed by atoms with Crippen molar-refractivity contribution in [3.8, 4) is 22.3 Å². The normalized spacial score (nSPS) is 13.7. The Bertz CT molecular complexity index is 1950. The maximum Gasteiger partial charge on any atom is 0.143 e. The fourth-order valence-corrected chi connectivity index (χ4v) is 6.19. The number of hydrogen-bond acceptors (Lipinski definition) is 1. The molecule has 1 aliphatic rings. The Labute approximate surface area is 209 Å². The monoisotopic (exact) mass is 463 g/mol. The Balaban J connectivity index is 1.34. The summed E-state index contributed by atoms with van der Waals surface area (Å²) in [5, 5.41) is 4.84. The van der Waals surface area contributed by atoms with Gasteiger partial charge in [-0.1, -0.05) is 78.9 Å². The van der Waals surface area contributed by atoms with Gasteiger partial charge >= 0.3 is 0 Å². The van der Waals surface area contributed by atoms with E-state index >= 15 is 0 Å². The topological polar surface area (TPSA) is 28.9 Å². The van der Waals surface area contributed by atoms with E-state index < -0.39 is 0 Å². The molecular weight excluding hydrogens is 438 g/mol. The molecule has 0 bridgehead atoms. The van der Waals surface area contributed by atoms with Crippen molar-refractivity contribution in [2.24, 2.45) is 0 Å². The van der Waals surface area contributed by atoms with Gasteiger partial charge in [0.25, 0.3) is 0 Å². The van der Waals surface area contributed by atoms with Crippen LogP contribution in [0.5, 0.6) is 0 Å². The number of aryl methyl sites for hydroxylation is 2. The zero-order valence-corrected chi connectivity index (χ0v) is 20.0. The van der Waals surface area contributed by atoms with Gasteiger partial charge in [0.1, 0.15) is 11.2 Å². The molecule has 36 heavy (non-hydrogen) atoms. The minimum Gasteiger partial charge on any atom is -0.455 e. The van der Waals surface area contributed by atoms with Gasteiger partial charge in [-0.2, -0.15) is 0 Å². The number of rotatable bonds is 2. The highest BCUT2D eigenvalue weighted by Gasteiger charge is 2.17. The third kappa shape index (κ3) is 2.91. The van der Waals surface area contributed by atoms with Crippen LogP contribution in [0.3, 0.4) is 0 Å². The molecule has 172 valence electrons. The van der Waals surface area contributed by atoms with Crippen LogP contribution in [0.4, 0.5) is 0 Å². The largest absolute Gasteiger partial charge is 0.455 e. The number of H-pyrrole nitrogens is 1. The summed E-state index contributed by atoms with van der Waals surface area (Å²) in [5.74, 6) is 0. The lowest BCUT2D eigenvalue weighted by Crippen LogP contribution is -2.02. The quantitative estimate of drug-likeness (QED) is 0.272. The molecule has 0 saturated carbocycles. The van der Waals surface area contributed by atoms with Crippen molar-refractivity contribution in [2.45, 2.75) is 25.7 Å². The molecule has 0 aliphatic heterocycles. The van der Waals surface area contributed by atoms with Crippen LogP contribution in [0.2, 0.25) is 0 Å². The summed E-state index contributed by atoms with van der Waals surface area (Å²) >= 11 is 0. The Morgan fingerprint density at radius 1 is 0.500 bits per heavy atom. The van der Waals surface area contributed by atoms with Crippen molar-refractivity contribution in [2.75, 3.05) is 0 Å². The van der Waals surface area contributed by atoms with E-state index in [0.717, 1.165) is 22.2 Å². The molecule has 0 fully saturated rings. The van der Waals surface area contributed by atoms with Gasteiger partial charge in [0.05, 0.1) is 0 Å². The summed E-state index contributed by atoms with van der Waals surface area (Å²) in [6.45, 7) is 0. The lowest BCUT2D eigenvalue weighted by molar-refractivity contribution is 0.671. The minimum absolute atomic E-state index is 0.956. The van der Waals surface area contributed by atoms with Crippen LogP contribution >= 0.6 is 0 Å². The second kappa shape index (κ2) is 7.60. The third-order valence-corrected chi connectivity index (χ3v) is 8.00. The second-order valence-corrected chi connectivity index (χ2v) is 10.1. The van der Waals surface area contributed by atoms with E-state index in [0.29, 0.717) is 0 Å². The first-order chi connectivity index (χ1) is 17.8. The van der Waals surface area contributed by atoms with Crippen LogP contribution in [0.15, 0.2) is 101 Å². The predicted molar refractivity (Wildman–Crippen MR) is 151 cm³/mol. The molecule has 2 aromatic heterocycles. The van der Waals surface area contributed by atoms with Gasteiger partial charge in [-0.05, 0) is 66.1 Å². The van der Waals surface area contributed by atoms with Crippen LogP contribution in [0.1, 0.15) is 24.0 Å². The third-order valence-electron chi connectivity index (χ3n) is 8.00. The minimum atomic E-state index is 0.956. The van der Waals surface area contributed by atoms with Crippen LogP contribution < -0.4 is 0 Å². The Hall–Kier alpha value is -4.30. The highest BCUT2D eigenvalue weighted by atomic mass is 16.3. The van der Waals surface area contributed by atoms with E-state index in [1.165, 1.54) is 80.6 Å². The number of furan rings is 1. The number of nitrogens with one attached hydrogen (secondary N) is 1. The molecule has 8 rings (SSSR count). The maximum atomic E-state index is 6.74. The van der Waals surface area contributed by atoms with Crippen LogP contribution in [-0.4, -0.2) is 4.98 Å². The van der Waals surface area contributed by atoms with E-state index in [1.54, 1.807) is 0 Å². The Morgan fingerprint density at radius 2 is 1.14 bits per heavy atom. The van der Waals surface area contributed by atoms with E-state index in [1.807, 2.05) is 0 Å². The highest BCUT2D eigenvalue weighted by Crippen LogP contribution is 2.41. The molecule has 5 aromatic carbocycles. The van der Waals surface area contributed by atoms with Gasteiger partial charge < -0.3 is 9.40 Å². The summed E-state index contributed by atoms with van der Waals surface area (Å²) in [6, 6.07) is 35.2. The molecule has 7 aromatic rings. The van der Waals surface area contributed by atoms with Crippen molar-refractivity contribution >= 4 is 43.7 Å². The number of aromatic amines is 1. The summed E-state index contributed by atoms with van der Waals surface area (Å²) in [5.41, 5.74) is 12.0. The first-order valence-corrected chi connectivity index (χ1v) is 12.9. The fourth-order valence-electron chi connectivity index (χ4n) is 6.19. The number of hydrogen-bond donors (Lipinski definition) is 1. The lowest BCUT2D eigenvalue weighted by Gasteiger charge is -2.16. The van der Waals surface area contributed by atoms with E-state index in [2.05, 4.69) is 102 Å². The first kappa shape index (κ1) is 19.9. The number of fused-ring (bicyclic) bond motifs is 7. The molecule has 0 atom stereocenters. The number of benzene rings is 5. The molecular formula is C34H25NO. The standard InChI is InChI=1S/C34H25NO/c1-2-8-22-19-23(16-15-21(22)7-1)25-10-5-12-28-29-13-6-11-26(34(29)36-33(25)28)24-17-18-32-30(20-24)27-9-3-4-14-31(27)35-32/h3-6,9-20,35H,1-2,7-8H2. The van der Waals surface area contributed by atoms with Crippen molar-refractivity contribution in [1.29, 1.82) is 0 Å². The molecule has 2 heteroatoms. The molecule has 1 N–H and O–H groups in total. The molecule has 1 aliphatic carbocycles. The van der Waals surface area contributed by atoms with Gasteiger partial charge in [0.15, 0.2) is 0 Å². The van der Waals surface area contributed by atoms with Gasteiger partial charge in [0, 0.05) is 43.7 Å². The van der Waals surface area contributed by atoms with E-state index in [-0.39, 0.29) is 0 Å². The average Bonchev–Trinajstić information content (AvgIpc) is 3.51. The average molecular weight is 464 g/mol. The number of para-hydroxylation sites is 3. The van der Waals surface area contributed by atoms with Crippen molar-refractivity contribution < 1.29 is 4.42 Å². The smallest absolute Gasteiger partial charge is 0.143 e. The SMILES string of the molecule is c1ccc2c(c1)[nH]c1ccc(-c3cccc4c3oc3c(-c5ccc6c(c5)CCCC6)cccc34)cc12. The molecule has 0 amide bonds. The van der Waals surface area contributed by atoms with Crippen molar-refractivity contribution in [3.05, 3.63) is 108 Å². The van der Waals surface area contributed by atoms with E-state index in [9.17, 15) is 0 Å². The molecule has 0 unspecified atom stereocenters. The van der Waals surface area contributed by atoms with Gasteiger partial charge in [-0.25, -0.2) is 0 Å². The van der Waals surface area contributed by atoms with Crippen molar-refractivity contribution in [1.82, 2.24) is 4.98 Å². The first-order valence-electron chi connectivity index (χ1n) is 12.9. The summed E-state index contributed by atoms with van der Waals surface area (Å²) < 4.78 is 6.74. The predicted octanol–water partition coefficient (Wildman–Crippen LogP) is 9.43. The molecule has 2 nitrogen and oxygen atoms in total.